The molecule has 3 saturated heterocycles. The molecule has 26 heteroatoms. The monoisotopic (exact) mass is 714 g/mol. The number of nitrogens with zero attached hydrogens (tertiary/aromatic N) is 7. The van der Waals surface area contributed by atoms with Crippen molar-refractivity contribution in [3.8, 4) is 0 Å². The first-order valence-electron chi connectivity index (χ1n) is 13.9. The lowest BCUT2D eigenvalue weighted by Crippen LogP contribution is -2.41. The zero-order chi connectivity index (χ0) is 34.1. The summed E-state index contributed by atoms with van der Waals surface area (Å²) in [5.41, 5.74) is 3.62. The summed E-state index contributed by atoms with van der Waals surface area (Å²) in [6.07, 6.45) is -10.1. The Labute approximate surface area is 265 Å². The molecule has 4 aromatic heterocycles. The third-order valence-electron chi connectivity index (χ3n) is 7.58. The number of H-pyrrole nitrogens is 2. The second-order valence-electron chi connectivity index (χ2n) is 10.6. The molecule has 24 nitrogen and oxygen atoms in total. The molecule has 258 valence electrons. The Morgan fingerprint density at radius 1 is 0.896 bits per heavy atom. The number of rotatable bonds is 3. The first-order chi connectivity index (χ1) is 22.7. The highest BCUT2D eigenvalue weighted by Crippen LogP contribution is 2.50. The summed E-state index contributed by atoms with van der Waals surface area (Å²) in [5.74, 6) is -0.404. The van der Waals surface area contributed by atoms with Crippen LogP contribution >= 0.6 is 15.6 Å². The average molecular weight is 714 g/mol. The molecule has 0 radical (unpaired) electrons. The van der Waals surface area contributed by atoms with Gasteiger partial charge in [-0.2, -0.15) is 9.97 Å². The summed E-state index contributed by atoms with van der Waals surface area (Å²) in [6, 6.07) is 0. The molecule has 48 heavy (non-hydrogen) atoms. The summed E-state index contributed by atoms with van der Waals surface area (Å²) in [5, 5.41) is 22.3. The number of nitrogen functional groups attached to an aromatic ring is 1. The Kier molecular flexibility index (Phi) is 8.17. The number of hydrogen-bond donors (Lipinski definition) is 5. The van der Waals surface area contributed by atoms with Gasteiger partial charge in [0.2, 0.25) is 11.9 Å². The van der Waals surface area contributed by atoms with Crippen LogP contribution in [0.3, 0.4) is 0 Å². The van der Waals surface area contributed by atoms with Crippen LogP contribution in [0.5, 0.6) is 0 Å². The van der Waals surface area contributed by atoms with E-state index in [0.29, 0.717) is 0 Å². The van der Waals surface area contributed by atoms with Crippen molar-refractivity contribution in [1.82, 2.24) is 39.0 Å². The first-order valence-corrected chi connectivity index (χ1v) is 16.8. The number of nitrogens with two attached hydrogens (primary N) is 1. The number of aliphatic hydroxyl groups is 2. The van der Waals surface area contributed by atoms with Crippen LogP contribution in [0.25, 0.3) is 22.3 Å². The number of aliphatic imine (C=N–C) groups is 1. The quantitative estimate of drug-likeness (QED) is 0.103. The van der Waals surface area contributed by atoms with Gasteiger partial charge >= 0.3 is 0 Å². The van der Waals surface area contributed by atoms with E-state index in [-0.39, 0.29) is 34.2 Å². The van der Waals surface area contributed by atoms with Crippen molar-refractivity contribution in [3.05, 3.63) is 33.4 Å². The molecule has 0 saturated carbocycles. The number of hydrogen-bond acceptors (Lipinski definition) is 20. The van der Waals surface area contributed by atoms with E-state index in [1.165, 1.54) is 6.21 Å². The van der Waals surface area contributed by atoms with E-state index in [0.717, 1.165) is 21.8 Å². The zero-order valence-corrected chi connectivity index (χ0v) is 25.9. The Hall–Kier alpha value is -3.77. The molecular weight excluding hydrogens is 690 g/mol. The molecular formula is C22H24N10O14P2-2. The van der Waals surface area contributed by atoms with Crippen LogP contribution in [0.2, 0.25) is 0 Å². The van der Waals surface area contributed by atoms with Gasteiger partial charge in [-0.15, -0.1) is 0 Å². The number of ether oxygens (including phenoxy) is 2. The predicted molar refractivity (Wildman–Crippen MR) is 151 cm³/mol. The number of aromatic nitrogens is 8. The number of aromatic amines is 2. The van der Waals surface area contributed by atoms with Crippen molar-refractivity contribution in [2.75, 3.05) is 18.9 Å². The molecule has 0 amide bonds. The maximum atomic E-state index is 13.0. The molecule has 7 heterocycles. The molecule has 10 atom stereocenters. The highest BCUT2D eigenvalue weighted by molar-refractivity contribution is 7.46. The number of fused-ring (bicyclic) bond motifs is 4. The summed E-state index contributed by atoms with van der Waals surface area (Å²) in [7, 11) is -10.7. The Morgan fingerprint density at radius 2 is 1.38 bits per heavy atom. The molecule has 3 aliphatic rings. The Balaban J connectivity index is 1.17. The van der Waals surface area contributed by atoms with Crippen LogP contribution in [0.15, 0.2) is 27.2 Å². The van der Waals surface area contributed by atoms with Crippen LogP contribution in [0.4, 0.5) is 11.9 Å². The largest absolute Gasteiger partial charge is 0.756 e. The first kappa shape index (κ1) is 32.8. The van der Waals surface area contributed by atoms with Crippen molar-refractivity contribution in [3.63, 3.8) is 0 Å². The van der Waals surface area contributed by atoms with E-state index in [9.17, 15) is 38.7 Å². The lowest BCUT2D eigenvalue weighted by Gasteiger charge is -2.34. The van der Waals surface area contributed by atoms with E-state index in [4.69, 9.17) is 33.3 Å². The maximum absolute atomic E-state index is 13.0. The van der Waals surface area contributed by atoms with Gasteiger partial charge in [-0.1, -0.05) is 0 Å². The summed E-state index contributed by atoms with van der Waals surface area (Å²) in [6.45, 7) is -0.339. The second kappa shape index (κ2) is 12.0. The fraction of sp³-hybridized carbons (Fsp3) is 0.500. The third kappa shape index (κ3) is 5.80. The van der Waals surface area contributed by atoms with Crippen molar-refractivity contribution in [2.45, 2.75) is 56.0 Å². The van der Waals surface area contributed by atoms with Gasteiger partial charge < -0.3 is 53.3 Å². The van der Waals surface area contributed by atoms with Crippen LogP contribution in [-0.2, 0) is 36.7 Å². The number of anilines is 1. The van der Waals surface area contributed by atoms with Crippen LogP contribution in [-0.4, -0.2) is 105 Å². The molecule has 0 bridgehead atoms. The number of nitrogens with one attached hydrogen (secondary N) is 2. The van der Waals surface area contributed by atoms with Crippen LogP contribution in [0.1, 0.15) is 19.4 Å². The van der Waals surface area contributed by atoms with E-state index in [2.05, 4.69) is 34.9 Å². The molecule has 3 fully saturated rings. The molecule has 4 aromatic rings. The normalized spacial score (nSPS) is 36.3. The van der Waals surface area contributed by atoms with Gasteiger partial charge in [-0.25, -0.2) is 15.0 Å². The van der Waals surface area contributed by atoms with E-state index in [1.807, 2.05) is 0 Å². The lowest BCUT2D eigenvalue weighted by molar-refractivity contribution is -0.244. The van der Waals surface area contributed by atoms with E-state index < -0.39 is 89.1 Å². The topological polar surface area (TPSA) is 342 Å². The average Bonchev–Trinajstić information content (AvgIpc) is 3.76. The maximum Gasteiger partial charge on any atom is 0.280 e. The third-order valence-corrected chi connectivity index (χ3v) is 9.52. The molecule has 3 aliphatic heterocycles. The SMILES string of the molecule is C/C=N\c1nc2c(ncn2[C@@H]2O[C@H]3COP(=O)([O-])O[C@@H]4C(O)[C@H](n5cnc6c(=O)[nH]c(N)nc65)O[C@H]4COP(=O)([O-])O[C@@H]3C2O)c(=O)[nH]1. The Morgan fingerprint density at radius 3 is 1.88 bits per heavy atom. The fourth-order valence-electron chi connectivity index (χ4n) is 5.53. The van der Waals surface area contributed by atoms with Crippen LogP contribution in [0, 0.1) is 0 Å². The van der Waals surface area contributed by atoms with E-state index >= 15 is 0 Å². The highest BCUT2D eigenvalue weighted by atomic mass is 31.2. The van der Waals surface area contributed by atoms with Crippen molar-refractivity contribution >= 4 is 56.1 Å². The molecule has 6 N–H and O–H groups in total. The van der Waals surface area contributed by atoms with Gasteiger partial charge in [0, 0.05) is 6.21 Å². The van der Waals surface area contributed by atoms with Crippen molar-refractivity contribution in [2.24, 2.45) is 4.99 Å². The van der Waals surface area contributed by atoms with Crippen LogP contribution < -0.4 is 26.6 Å². The Bertz CT molecular complexity index is 2130. The minimum atomic E-state index is -5.37. The number of aliphatic hydroxyl groups excluding tert-OH is 2. The van der Waals surface area contributed by atoms with Gasteiger partial charge in [0.15, 0.2) is 34.8 Å². The molecule has 7 rings (SSSR count). The zero-order valence-electron chi connectivity index (χ0n) is 24.2. The van der Waals surface area contributed by atoms with Gasteiger partial charge in [-0.3, -0.25) is 37.8 Å². The predicted octanol–water partition coefficient (Wildman–Crippen LogP) is -3.17. The molecule has 4 unspecified atom stereocenters. The summed E-state index contributed by atoms with van der Waals surface area (Å²) in [4.78, 5) is 75.3. The fourth-order valence-corrected chi connectivity index (χ4v) is 7.43. The van der Waals surface area contributed by atoms with Gasteiger partial charge in [0.05, 0.1) is 25.9 Å². The van der Waals surface area contributed by atoms with Crippen molar-refractivity contribution < 1.29 is 56.7 Å². The molecule has 0 spiro atoms. The van der Waals surface area contributed by atoms with Crippen molar-refractivity contribution in [1.29, 1.82) is 0 Å². The van der Waals surface area contributed by atoms with Gasteiger partial charge in [-0.05, 0) is 6.92 Å². The highest BCUT2D eigenvalue weighted by Gasteiger charge is 2.51. The summed E-state index contributed by atoms with van der Waals surface area (Å²) < 4.78 is 60.0. The minimum absolute atomic E-state index is 0.107. The number of imidazole rings is 2. The molecule has 0 aliphatic carbocycles. The van der Waals surface area contributed by atoms with Gasteiger partial charge in [0.25, 0.3) is 26.8 Å². The second-order valence-corrected chi connectivity index (χ2v) is 13.3. The molecule has 0 aromatic carbocycles. The number of phosphoric ester groups is 2. The lowest BCUT2D eigenvalue weighted by atomic mass is 10.1. The standard InChI is InChI=1S/C22H26N10O14P2/c1-2-24-22-28-16-10(18(36)30-22)26-6-32(16)20-12(34)14-8(44-20)4-42-47(37,38)45-13-7(3-41-48(39,40)46-14)43-19(11(13)33)31-5-25-9-15(31)27-21(23)29-17(9)35/h2,5-8,11-14,19-20,33-34H,3-4H2,1H3,(H,37,38)(H,39,40)(H,28,30,36)(H3,23,27,29,35)/p-2/b24-2-/t7-,8-,11?,12?,13-,14-,19+,20+/m0/s1. The van der Waals surface area contributed by atoms with Gasteiger partial charge in [0.1, 0.15) is 36.6 Å². The van der Waals surface area contributed by atoms with E-state index in [1.54, 1.807) is 6.92 Å². The minimum Gasteiger partial charge on any atom is -0.756 e. The summed E-state index contributed by atoms with van der Waals surface area (Å²) >= 11 is 0. The number of phosphoric acid groups is 2. The smallest absolute Gasteiger partial charge is 0.280 e.